The summed E-state index contributed by atoms with van der Waals surface area (Å²) in [4.78, 5) is 9.39. The molecule has 0 aliphatic rings. The number of hydrogen-bond acceptors (Lipinski definition) is 4. The van der Waals surface area contributed by atoms with E-state index in [9.17, 15) is 4.79 Å². The molecule has 0 spiro atoms. The number of rotatable bonds is 4. The Bertz CT molecular complexity index is 119. The molecular weight excluding hydrogens is 180 g/mol. The van der Waals surface area contributed by atoms with Gasteiger partial charge in [0.15, 0.2) is 0 Å². The Morgan fingerprint density at radius 1 is 1.25 bits per heavy atom. The molecule has 5 heteroatoms. The highest BCUT2D eigenvalue weighted by Crippen LogP contribution is 1.91. The van der Waals surface area contributed by atoms with Crippen LogP contribution in [0.2, 0.25) is 0 Å². The lowest BCUT2D eigenvalue weighted by Gasteiger charge is -1.85. The van der Waals surface area contributed by atoms with E-state index in [1.54, 1.807) is 0 Å². The summed E-state index contributed by atoms with van der Waals surface area (Å²) in [5.41, 5.74) is 0. The lowest BCUT2D eigenvalue weighted by atomic mass is 10.3. The standard InChI is InChI=1S/C4H10O2.C3H4O2S/c5-3-1-2-4-6;1-2(6)3(4)5/h5-6H,1-4H2;6H,1H2,(H,4,5). The molecule has 12 heavy (non-hydrogen) atoms. The van der Waals surface area contributed by atoms with E-state index in [1.165, 1.54) is 0 Å². The van der Waals surface area contributed by atoms with Crippen LogP contribution in [0.1, 0.15) is 12.8 Å². The smallest absolute Gasteiger partial charge is 0.341 e. The van der Waals surface area contributed by atoms with Crippen molar-refractivity contribution in [1.29, 1.82) is 0 Å². The fraction of sp³-hybridized carbons (Fsp3) is 0.571. The average molecular weight is 194 g/mol. The topological polar surface area (TPSA) is 77.8 Å². The molecule has 0 amide bonds. The van der Waals surface area contributed by atoms with Gasteiger partial charge in [-0.05, 0) is 12.8 Å². The van der Waals surface area contributed by atoms with Crippen molar-refractivity contribution in [2.45, 2.75) is 12.8 Å². The number of aliphatic hydroxyl groups excluding tert-OH is 2. The van der Waals surface area contributed by atoms with Gasteiger partial charge in [-0.1, -0.05) is 6.58 Å². The van der Waals surface area contributed by atoms with Crippen LogP contribution < -0.4 is 0 Å². The molecule has 0 atom stereocenters. The van der Waals surface area contributed by atoms with E-state index in [0.717, 1.165) is 12.8 Å². The molecule has 0 aromatic heterocycles. The first-order chi connectivity index (χ1) is 5.56. The molecule has 4 nitrogen and oxygen atoms in total. The molecule has 0 saturated heterocycles. The van der Waals surface area contributed by atoms with Crippen molar-refractivity contribution < 1.29 is 20.1 Å². The Morgan fingerprint density at radius 3 is 1.58 bits per heavy atom. The van der Waals surface area contributed by atoms with Gasteiger partial charge in [-0.25, -0.2) is 4.79 Å². The lowest BCUT2D eigenvalue weighted by molar-refractivity contribution is -0.131. The van der Waals surface area contributed by atoms with E-state index in [2.05, 4.69) is 19.2 Å². The number of aliphatic carboxylic acids is 1. The molecule has 0 aromatic carbocycles. The molecule has 3 N–H and O–H groups in total. The van der Waals surface area contributed by atoms with E-state index in [4.69, 9.17) is 15.3 Å². The Labute approximate surface area is 76.9 Å². The number of aliphatic hydroxyl groups is 2. The van der Waals surface area contributed by atoms with Crippen LogP contribution in [0, 0.1) is 0 Å². The van der Waals surface area contributed by atoms with Crippen molar-refractivity contribution in [2.75, 3.05) is 13.2 Å². The third-order valence-corrected chi connectivity index (χ3v) is 1.00. The van der Waals surface area contributed by atoms with Gasteiger partial charge in [-0.15, -0.1) is 12.6 Å². The molecule has 0 aliphatic carbocycles. The number of unbranched alkanes of at least 4 members (excludes halogenated alkanes) is 1. The average Bonchev–Trinajstić information content (AvgIpc) is 2.02. The highest BCUT2D eigenvalue weighted by molar-refractivity contribution is 7.85. The number of carbonyl (C=O) groups is 1. The van der Waals surface area contributed by atoms with Crippen LogP contribution in [0.25, 0.3) is 0 Å². The Hall–Kier alpha value is -0.520. The molecular formula is C7H14O4S. The predicted octanol–water partition coefficient (Wildman–Crippen LogP) is 0.266. The minimum atomic E-state index is -1.07. The van der Waals surface area contributed by atoms with Crippen molar-refractivity contribution >= 4 is 18.6 Å². The summed E-state index contributed by atoms with van der Waals surface area (Å²) in [5.74, 6) is -1.07. The maximum Gasteiger partial charge on any atom is 0.341 e. The zero-order valence-electron chi connectivity index (χ0n) is 6.73. The molecule has 72 valence electrons. The second-order valence-electron chi connectivity index (χ2n) is 1.91. The fourth-order valence-corrected chi connectivity index (χ4v) is 0.224. The quantitative estimate of drug-likeness (QED) is 0.294. The first-order valence-electron chi connectivity index (χ1n) is 3.39. The highest BCUT2D eigenvalue weighted by atomic mass is 32.1. The zero-order chi connectivity index (χ0) is 9.98. The first kappa shape index (κ1) is 14.0. The van der Waals surface area contributed by atoms with Gasteiger partial charge in [0.2, 0.25) is 0 Å². The van der Waals surface area contributed by atoms with Crippen molar-refractivity contribution in [2.24, 2.45) is 0 Å². The molecule has 0 radical (unpaired) electrons. The van der Waals surface area contributed by atoms with Gasteiger partial charge in [0, 0.05) is 13.2 Å². The third kappa shape index (κ3) is 16.2. The van der Waals surface area contributed by atoms with Crippen LogP contribution in [0.5, 0.6) is 0 Å². The summed E-state index contributed by atoms with van der Waals surface area (Å²) >= 11 is 3.40. The number of carboxylic acids is 1. The van der Waals surface area contributed by atoms with E-state index in [1.807, 2.05) is 0 Å². The monoisotopic (exact) mass is 194 g/mol. The van der Waals surface area contributed by atoms with E-state index in [-0.39, 0.29) is 18.1 Å². The van der Waals surface area contributed by atoms with Crippen LogP contribution in [0.3, 0.4) is 0 Å². The second-order valence-corrected chi connectivity index (χ2v) is 2.45. The van der Waals surface area contributed by atoms with Crippen molar-refractivity contribution in [3.8, 4) is 0 Å². The van der Waals surface area contributed by atoms with E-state index < -0.39 is 5.97 Å². The van der Waals surface area contributed by atoms with Gasteiger partial charge in [0.25, 0.3) is 0 Å². The van der Waals surface area contributed by atoms with Crippen LogP contribution in [-0.2, 0) is 4.79 Å². The molecule has 0 aromatic rings. The van der Waals surface area contributed by atoms with Gasteiger partial charge in [0.1, 0.15) is 0 Å². The van der Waals surface area contributed by atoms with Gasteiger partial charge in [-0.3, -0.25) is 0 Å². The van der Waals surface area contributed by atoms with Crippen LogP contribution >= 0.6 is 12.6 Å². The summed E-state index contributed by atoms with van der Waals surface area (Å²) in [5, 5.41) is 24.0. The van der Waals surface area contributed by atoms with Crippen molar-refractivity contribution in [1.82, 2.24) is 0 Å². The largest absolute Gasteiger partial charge is 0.477 e. The van der Waals surface area contributed by atoms with E-state index in [0.29, 0.717) is 0 Å². The molecule has 0 fully saturated rings. The number of thiol groups is 1. The number of hydrogen-bond donors (Lipinski definition) is 4. The first-order valence-corrected chi connectivity index (χ1v) is 3.83. The molecule has 0 aliphatic heterocycles. The van der Waals surface area contributed by atoms with Gasteiger partial charge in [0.05, 0.1) is 4.91 Å². The van der Waals surface area contributed by atoms with Crippen LogP contribution in [0.4, 0.5) is 0 Å². The summed E-state index contributed by atoms with van der Waals surface area (Å²) in [6.07, 6.45) is 1.44. The van der Waals surface area contributed by atoms with Crippen molar-refractivity contribution in [3.63, 3.8) is 0 Å². The van der Waals surface area contributed by atoms with Crippen molar-refractivity contribution in [3.05, 3.63) is 11.5 Å². The molecule has 0 unspecified atom stereocenters. The summed E-state index contributed by atoms with van der Waals surface area (Å²) in [6.45, 7) is 3.41. The van der Waals surface area contributed by atoms with Crippen LogP contribution in [-0.4, -0.2) is 34.5 Å². The summed E-state index contributed by atoms with van der Waals surface area (Å²) < 4.78 is 0. The minimum absolute atomic E-state index is 0.130. The Balaban J connectivity index is 0. The normalized spacial score (nSPS) is 8.25. The fourth-order valence-electron chi connectivity index (χ4n) is 0.224. The molecule has 0 bridgehead atoms. The Morgan fingerprint density at radius 2 is 1.50 bits per heavy atom. The number of carboxylic acid groups (broad SMARTS) is 1. The summed E-state index contributed by atoms with van der Waals surface area (Å²) in [6, 6.07) is 0. The molecule has 0 rings (SSSR count). The molecule has 0 heterocycles. The van der Waals surface area contributed by atoms with Gasteiger partial charge < -0.3 is 15.3 Å². The van der Waals surface area contributed by atoms with Crippen LogP contribution in [0.15, 0.2) is 11.5 Å². The second kappa shape index (κ2) is 10.5. The maximum atomic E-state index is 9.52. The lowest BCUT2D eigenvalue weighted by Crippen LogP contribution is -1.89. The SMILES string of the molecule is C=C(S)C(=O)O.OCCCCO. The zero-order valence-corrected chi connectivity index (χ0v) is 7.63. The maximum absolute atomic E-state index is 9.52. The predicted molar refractivity (Wildman–Crippen MR) is 49.2 cm³/mol. The molecule has 0 saturated carbocycles. The summed E-state index contributed by atoms with van der Waals surface area (Å²) in [7, 11) is 0. The third-order valence-electron chi connectivity index (χ3n) is 0.813. The Kier molecular flexibility index (Phi) is 12.3. The highest BCUT2D eigenvalue weighted by Gasteiger charge is 1.91. The van der Waals surface area contributed by atoms with Gasteiger partial charge in [-0.2, -0.15) is 0 Å². The van der Waals surface area contributed by atoms with Gasteiger partial charge >= 0.3 is 5.97 Å². The minimum Gasteiger partial charge on any atom is -0.477 e. The van der Waals surface area contributed by atoms with E-state index >= 15 is 0 Å².